The van der Waals surface area contributed by atoms with Crippen LogP contribution in [0.15, 0.2) is 67.3 Å². The Hall–Kier alpha value is -3.22. The second kappa shape index (κ2) is 9.33. The number of aromatic nitrogens is 3. The molecule has 1 aliphatic heterocycles. The molecule has 3 heterocycles. The fourth-order valence-electron chi connectivity index (χ4n) is 4.52. The van der Waals surface area contributed by atoms with Crippen LogP contribution < -0.4 is 0 Å². The molecule has 0 radical (unpaired) electrons. The van der Waals surface area contributed by atoms with Gasteiger partial charge in [0.25, 0.3) is 5.91 Å². The first-order valence-electron chi connectivity index (χ1n) is 11.2. The van der Waals surface area contributed by atoms with Gasteiger partial charge in [0.05, 0.1) is 6.20 Å². The summed E-state index contributed by atoms with van der Waals surface area (Å²) in [5.41, 5.74) is 4.59. The lowest BCUT2D eigenvalue weighted by atomic mass is 9.99. The van der Waals surface area contributed by atoms with Crippen LogP contribution in [0.5, 0.6) is 0 Å². The number of rotatable bonds is 5. The molecule has 6 nitrogen and oxygen atoms in total. The summed E-state index contributed by atoms with van der Waals surface area (Å²) in [5.74, 6) is -0.104. The van der Waals surface area contributed by atoms with Crippen LogP contribution in [-0.2, 0) is 6.54 Å². The van der Waals surface area contributed by atoms with Gasteiger partial charge >= 0.3 is 0 Å². The first-order valence-corrected chi connectivity index (χ1v) is 11.6. The molecule has 1 saturated heterocycles. The van der Waals surface area contributed by atoms with E-state index in [1.807, 2.05) is 23.2 Å². The van der Waals surface area contributed by atoms with E-state index in [-0.39, 0.29) is 11.9 Å². The predicted molar refractivity (Wildman–Crippen MR) is 131 cm³/mol. The number of likely N-dealkylation sites (tertiary alicyclic amines) is 1. The first-order chi connectivity index (χ1) is 16.1. The van der Waals surface area contributed by atoms with E-state index in [9.17, 15) is 4.79 Å². The van der Waals surface area contributed by atoms with Gasteiger partial charge in [-0.25, -0.2) is 4.98 Å². The van der Waals surface area contributed by atoms with Crippen LogP contribution in [0.4, 0.5) is 0 Å². The van der Waals surface area contributed by atoms with Gasteiger partial charge in [-0.2, -0.15) is 0 Å². The second-order valence-corrected chi connectivity index (χ2v) is 9.05. The first kappa shape index (κ1) is 21.6. The van der Waals surface area contributed by atoms with E-state index in [1.54, 1.807) is 12.4 Å². The zero-order valence-corrected chi connectivity index (χ0v) is 19.3. The molecule has 0 atom stereocenters. The summed E-state index contributed by atoms with van der Waals surface area (Å²) < 4.78 is 0. The van der Waals surface area contributed by atoms with E-state index in [0.29, 0.717) is 17.3 Å². The van der Waals surface area contributed by atoms with Gasteiger partial charge in [-0.1, -0.05) is 23.7 Å². The van der Waals surface area contributed by atoms with E-state index >= 15 is 0 Å². The van der Waals surface area contributed by atoms with Gasteiger partial charge in [0.2, 0.25) is 0 Å². The largest absolute Gasteiger partial charge is 0.361 e. The molecule has 168 valence electrons. The number of hydrogen-bond acceptors (Lipinski definition) is 4. The molecule has 33 heavy (non-hydrogen) atoms. The molecular weight excluding hydrogens is 434 g/mol. The molecule has 1 N–H and O–H groups in total. The topological polar surface area (TPSA) is 65.1 Å². The Morgan fingerprint density at radius 2 is 1.91 bits per heavy atom. The molecule has 1 aliphatic rings. The number of carbonyl (C=O) groups is 1. The minimum absolute atomic E-state index is 0.104. The Kier molecular flexibility index (Phi) is 6.11. The Bertz CT molecular complexity index is 1260. The Morgan fingerprint density at radius 3 is 2.70 bits per heavy atom. The number of H-pyrrole nitrogens is 1. The van der Waals surface area contributed by atoms with Crippen molar-refractivity contribution >= 4 is 28.4 Å². The lowest BCUT2D eigenvalue weighted by Gasteiger charge is -2.37. The second-order valence-electron chi connectivity index (χ2n) is 8.64. The summed E-state index contributed by atoms with van der Waals surface area (Å²) in [6.07, 6.45) is 8.46. The van der Waals surface area contributed by atoms with Crippen molar-refractivity contribution in [2.24, 2.45) is 0 Å². The van der Waals surface area contributed by atoms with Crippen molar-refractivity contribution in [2.45, 2.75) is 25.4 Å². The smallest absolute Gasteiger partial charge is 0.274 e. The molecule has 0 aliphatic carbocycles. The van der Waals surface area contributed by atoms with Gasteiger partial charge in [0.1, 0.15) is 5.69 Å². The lowest BCUT2D eigenvalue weighted by Crippen LogP contribution is -2.46. The van der Waals surface area contributed by atoms with Crippen molar-refractivity contribution in [1.82, 2.24) is 24.8 Å². The number of amides is 1. The molecule has 0 saturated carbocycles. The van der Waals surface area contributed by atoms with Crippen molar-refractivity contribution < 1.29 is 4.79 Å². The van der Waals surface area contributed by atoms with Gasteiger partial charge in [-0.05, 0) is 85.4 Å². The van der Waals surface area contributed by atoms with E-state index in [4.69, 9.17) is 11.6 Å². The summed E-state index contributed by atoms with van der Waals surface area (Å²) >= 11 is 6.64. The van der Waals surface area contributed by atoms with Gasteiger partial charge in [0, 0.05) is 41.7 Å². The normalized spacial score (nSPS) is 15.1. The summed E-state index contributed by atoms with van der Waals surface area (Å²) in [6.45, 7) is 2.35. The summed E-state index contributed by atoms with van der Waals surface area (Å²) in [7, 11) is 2.12. The number of nitrogens with one attached hydrogen (secondary N) is 1. The van der Waals surface area contributed by atoms with E-state index in [1.165, 1.54) is 6.20 Å². The van der Waals surface area contributed by atoms with Crippen LogP contribution in [0.3, 0.4) is 0 Å². The minimum atomic E-state index is -0.104. The minimum Gasteiger partial charge on any atom is -0.361 e. The molecular formula is C26H26ClN5O. The SMILES string of the molecule is CN1CCC(N(Cc2cc(-c3ccc4[nH]ccc4c3)ccc2Cl)C(=O)c2cnccn2)CC1. The fraction of sp³-hybridized carbons (Fsp3) is 0.269. The summed E-state index contributed by atoms with van der Waals surface area (Å²) in [6, 6.07) is 14.6. The number of hydrogen-bond donors (Lipinski definition) is 1. The molecule has 0 bridgehead atoms. The zero-order chi connectivity index (χ0) is 22.8. The highest BCUT2D eigenvalue weighted by Gasteiger charge is 2.29. The molecule has 0 spiro atoms. The molecule has 1 fully saturated rings. The standard InChI is InChI=1S/C26H26ClN5O/c1-31-12-7-22(8-13-31)32(26(33)25-16-28-10-11-30-25)17-21-15-18(2-4-23(21)27)19-3-5-24-20(14-19)6-9-29-24/h2-6,9-11,14-16,22,29H,7-8,12-13,17H2,1H3. The number of aromatic amines is 1. The maximum absolute atomic E-state index is 13.5. The third-order valence-electron chi connectivity index (χ3n) is 6.45. The van der Waals surface area contributed by atoms with Crippen molar-refractivity contribution in [3.63, 3.8) is 0 Å². The van der Waals surface area contributed by atoms with Crippen LogP contribution in [0.1, 0.15) is 28.9 Å². The average Bonchev–Trinajstić information content (AvgIpc) is 3.32. The third kappa shape index (κ3) is 4.63. The van der Waals surface area contributed by atoms with Crippen LogP contribution in [0.2, 0.25) is 5.02 Å². The summed E-state index contributed by atoms with van der Waals surface area (Å²) in [5, 5.41) is 1.82. The van der Waals surface area contributed by atoms with Gasteiger partial charge in [-0.15, -0.1) is 0 Å². The Morgan fingerprint density at radius 1 is 1.12 bits per heavy atom. The maximum Gasteiger partial charge on any atom is 0.274 e. The number of piperidine rings is 1. The molecule has 4 aromatic rings. The molecule has 0 unspecified atom stereocenters. The average molecular weight is 460 g/mol. The van der Waals surface area contributed by atoms with Crippen LogP contribution in [0, 0.1) is 0 Å². The van der Waals surface area contributed by atoms with Crippen molar-refractivity contribution in [1.29, 1.82) is 0 Å². The van der Waals surface area contributed by atoms with Crippen molar-refractivity contribution in [2.75, 3.05) is 20.1 Å². The number of carbonyl (C=O) groups excluding carboxylic acids is 1. The van der Waals surface area contributed by atoms with Crippen LogP contribution in [-0.4, -0.2) is 56.8 Å². The Balaban J connectivity index is 1.47. The quantitative estimate of drug-likeness (QED) is 0.455. The highest BCUT2D eigenvalue weighted by molar-refractivity contribution is 6.31. The van der Waals surface area contributed by atoms with Crippen molar-refractivity contribution in [3.8, 4) is 11.1 Å². The van der Waals surface area contributed by atoms with Crippen LogP contribution in [0.25, 0.3) is 22.0 Å². The van der Waals surface area contributed by atoms with Gasteiger partial charge in [0.15, 0.2) is 0 Å². The maximum atomic E-state index is 13.5. The van der Waals surface area contributed by atoms with E-state index < -0.39 is 0 Å². The predicted octanol–water partition coefficient (Wildman–Crippen LogP) is 5.01. The number of fused-ring (bicyclic) bond motifs is 1. The highest BCUT2D eigenvalue weighted by atomic mass is 35.5. The highest BCUT2D eigenvalue weighted by Crippen LogP contribution is 2.30. The fourth-order valence-corrected chi connectivity index (χ4v) is 4.70. The molecule has 1 amide bonds. The van der Waals surface area contributed by atoms with Gasteiger partial charge in [-0.3, -0.25) is 9.78 Å². The number of halogens is 1. The zero-order valence-electron chi connectivity index (χ0n) is 18.5. The molecule has 2 aromatic carbocycles. The molecule has 5 rings (SSSR count). The molecule has 7 heteroatoms. The summed E-state index contributed by atoms with van der Waals surface area (Å²) in [4.78, 5) is 29.3. The Labute approximate surface area is 198 Å². The monoisotopic (exact) mass is 459 g/mol. The van der Waals surface area contributed by atoms with E-state index in [0.717, 1.165) is 53.5 Å². The third-order valence-corrected chi connectivity index (χ3v) is 6.81. The number of nitrogens with zero attached hydrogens (tertiary/aromatic N) is 4. The van der Waals surface area contributed by atoms with Crippen LogP contribution >= 0.6 is 11.6 Å². The van der Waals surface area contributed by atoms with E-state index in [2.05, 4.69) is 57.2 Å². The number of benzene rings is 2. The van der Waals surface area contributed by atoms with Crippen molar-refractivity contribution in [3.05, 3.63) is 83.5 Å². The van der Waals surface area contributed by atoms with Gasteiger partial charge < -0.3 is 14.8 Å². The molecule has 2 aromatic heterocycles. The lowest BCUT2D eigenvalue weighted by molar-refractivity contribution is 0.0563.